The quantitative estimate of drug-likeness (QED) is 0.611. The highest BCUT2D eigenvalue weighted by Crippen LogP contribution is 1.95. The Labute approximate surface area is 77.7 Å². The van der Waals surface area contributed by atoms with E-state index in [0.29, 0.717) is 19.5 Å². The molecule has 72 valence electrons. The second kappa shape index (κ2) is 6.14. The topological polar surface area (TPSA) is 63.4 Å². The smallest absolute Gasteiger partial charge is 0.252 e. The minimum Gasteiger partial charge on any atom is -0.330 e. The van der Waals surface area contributed by atoms with Gasteiger partial charge in [-0.05, 0) is 25.1 Å². The van der Waals surface area contributed by atoms with Gasteiger partial charge in [-0.2, -0.15) is 0 Å². The number of carbonyl (C=O) groups excluding carboxylic acids is 2. The maximum atomic E-state index is 11.1. The number of imide groups is 1. The normalized spacial score (nSPS) is 9.00. The molecule has 0 aliphatic carbocycles. The van der Waals surface area contributed by atoms with E-state index in [1.54, 1.807) is 0 Å². The van der Waals surface area contributed by atoms with Crippen LogP contribution in [0.5, 0.6) is 0 Å². The van der Waals surface area contributed by atoms with Gasteiger partial charge in [-0.15, -0.1) is 0 Å². The van der Waals surface area contributed by atoms with Gasteiger partial charge < -0.3 is 5.73 Å². The molecule has 0 saturated carbocycles. The van der Waals surface area contributed by atoms with Gasteiger partial charge in [0.25, 0.3) is 11.8 Å². The van der Waals surface area contributed by atoms with E-state index >= 15 is 0 Å². The second-order valence-corrected chi connectivity index (χ2v) is 2.38. The molecule has 0 unspecified atom stereocenters. The molecule has 0 radical (unpaired) electrons. The minimum absolute atomic E-state index is 0.312. The first-order valence-electron chi connectivity index (χ1n) is 3.97. The Kier molecular flexibility index (Phi) is 5.47. The molecular weight excluding hydrogens is 168 g/mol. The molecule has 0 rings (SSSR count). The van der Waals surface area contributed by atoms with Crippen LogP contribution in [0.1, 0.15) is 6.42 Å². The highest BCUT2D eigenvalue weighted by Gasteiger charge is 2.14. The van der Waals surface area contributed by atoms with Gasteiger partial charge in [-0.1, -0.05) is 13.2 Å². The lowest BCUT2D eigenvalue weighted by atomic mass is 10.3. The number of rotatable bonds is 5. The lowest BCUT2D eigenvalue weighted by molar-refractivity contribution is -0.138. The van der Waals surface area contributed by atoms with Gasteiger partial charge in [0.05, 0.1) is 0 Å². The first kappa shape index (κ1) is 11.6. The van der Waals surface area contributed by atoms with Crippen LogP contribution < -0.4 is 5.73 Å². The lowest BCUT2D eigenvalue weighted by Crippen LogP contribution is -2.35. The summed E-state index contributed by atoms with van der Waals surface area (Å²) in [5.74, 6) is -0.836. The van der Waals surface area contributed by atoms with Gasteiger partial charge in [0, 0.05) is 6.54 Å². The van der Waals surface area contributed by atoms with Crippen molar-refractivity contribution in [3.63, 3.8) is 0 Å². The summed E-state index contributed by atoms with van der Waals surface area (Å²) in [7, 11) is 0. The van der Waals surface area contributed by atoms with Crippen molar-refractivity contribution in [2.45, 2.75) is 6.42 Å². The molecule has 2 N–H and O–H groups in total. The van der Waals surface area contributed by atoms with Gasteiger partial charge in [-0.3, -0.25) is 14.5 Å². The summed E-state index contributed by atoms with van der Waals surface area (Å²) in [6, 6.07) is 0. The first-order chi connectivity index (χ1) is 6.17. The standard InChI is InChI=1S/C9H14N2O2/c1-3-8(12)11(7-5-6-10)9(13)4-2/h3-4H,1-2,5-7,10H2. The molecule has 0 aromatic carbocycles. The van der Waals surface area contributed by atoms with Gasteiger partial charge in [0.15, 0.2) is 0 Å². The number of hydrogen-bond acceptors (Lipinski definition) is 3. The lowest BCUT2D eigenvalue weighted by Gasteiger charge is -2.16. The van der Waals surface area contributed by atoms with E-state index in [9.17, 15) is 9.59 Å². The molecule has 13 heavy (non-hydrogen) atoms. The Morgan fingerprint density at radius 3 is 2.00 bits per heavy atom. The number of nitrogens with two attached hydrogens (primary N) is 1. The van der Waals surface area contributed by atoms with Crippen molar-refractivity contribution in [2.24, 2.45) is 5.73 Å². The van der Waals surface area contributed by atoms with E-state index in [-0.39, 0.29) is 0 Å². The molecule has 0 aromatic heterocycles. The van der Waals surface area contributed by atoms with Crippen molar-refractivity contribution >= 4 is 11.8 Å². The molecule has 0 aliphatic rings. The summed E-state index contributed by atoms with van der Waals surface area (Å²) in [4.78, 5) is 23.3. The monoisotopic (exact) mass is 182 g/mol. The number of hydrogen-bond donors (Lipinski definition) is 1. The Bertz CT molecular complexity index is 204. The van der Waals surface area contributed by atoms with Crippen LogP contribution in [0.25, 0.3) is 0 Å². The van der Waals surface area contributed by atoms with Crippen LogP contribution in [0.15, 0.2) is 25.3 Å². The van der Waals surface area contributed by atoms with Crippen LogP contribution in [-0.2, 0) is 9.59 Å². The average molecular weight is 182 g/mol. The zero-order valence-corrected chi connectivity index (χ0v) is 7.53. The zero-order valence-electron chi connectivity index (χ0n) is 7.53. The predicted molar refractivity (Wildman–Crippen MR) is 50.8 cm³/mol. The van der Waals surface area contributed by atoms with Crippen molar-refractivity contribution in [1.82, 2.24) is 4.90 Å². The van der Waals surface area contributed by atoms with Crippen LogP contribution in [-0.4, -0.2) is 29.8 Å². The van der Waals surface area contributed by atoms with Gasteiger partial charge >= 0.3 is 0 Å². The first-order valence-corrected chi connectivity index (χ1v) is 3.97. The van der Waals surface area contributed by atoms with Crippen LogP contribution in [0.3, 0.4) is 0 Å². The Morgan fingerprint density at radius 2 is 1.69 bits per heavy atom. The van der Waals surface area contributed by atoms with Crippen molar-refractivity contribution in [2.75, 3.05) is 13.1 Å². The van der Waals surface area contributed by atoms with Crippen LogP contribution in [0.2, 0.25) is 0 Å². The van der Waals surface area contributed by atoms with Gasteiger partial charge in [-0.25, -0.2) is 0 Å². The molecule has 0 bridgehead atoms. The number of amides is 2. The zero-order chi connectivity index (χ0) is 10.3. The summed E-state index contributed by atoms with van der Waals surface area (Å²) in [6.45, 7) is 7.34. The molecule has 0 saturated heterocycles. The number of nitrogens with zero attached hydrogens (tertiary/aromatic N) is 1. The van der Waals surface area contributed by atoms with E-state index in [1.807, 2.05) is 0 Å². The third kappa shape index (κ3) is 3.66. The van der Waals surface area contributed by atoms with E-state index in [2.05, 4.69) is 13.2 Å². The molecule has 0 atom stereocenters. The highest BCUT2D eigenvalue weighted by atomic mass is 16.2. The molecule has 4 heteroatoms. The summed E-state index contributed by atoms with van der Waals surface area (Å²) >= 11 is 0. The van der Waals surface area contributed by atoms with E-state index in [1.165, 1.54) is 0 Å². The van der Waals surface area contributed by atoms with E-state index < -0.39 is 11.8 Å². The van der Waals surface area contributed by atoms with Crippen molar-refractivity contribution in [3.8, 4) is 0 Å². The number of carbonyl (C=O) groups is 2. The molecule has 2 amide bonds. The molecular formula is C9H14N2O2. The van der Waals surface area contributed by atoms with Crippen molar-refractivity contribution in [3.05, 3.63) is 25.3 Å². The molecule has 0 aromatic rings. The molecule has 0 aliphatic heterocycles. The fourth-order valence-corrected chi connectivity index (χ4v) is 0.799. The Morgan fingerprint density at radius 1 is 1.23 bits per heavy atom. The molecule has 0 spiro atoms. The third-order valence-electron chi connectivity index (χ3n) is 1.47. The predicted octanol–water partition coefficient (Wildman–Crippen LogP) is 0.0624. The Balaban J connectivity index is 4.35. The van der Waals surface area contributed by atoms with Crippen molar-refractivity contribution in [1.29, 1.82) is 0 Å². The van der Waals surface area contributed by atoms with Gasteiger partial charge in [0.2, 0.25) is 0 Å². The fourth-order valence-electron chi connectivity index (χ4n) is 0.799. The summed E-state index contributed by atoms with van der Waals surface area (Å²) in [5, 5.41) is 0. The fraction of sp³-hybridized carbons (Fsp3) is 0.333. The van der Waals surface area contributed by atoms with E-state index in [0.717, 1.165) is 17.1 Å². The van der Waals surface area contributed by atoms with E-state index in [4.69, 9.17) is 5.73 Å². The third-order valence-corrected chi connectivity index (χ3v) is 1.47. The van der Waals surface area contributed by atoms with Crippen LogP contribution >= 0.6 is 0 Å². The largest absolute Gasteiger partial charge is 0.330 e. The van der Waals surface area contributed by atoms with Gasteiger partial charge in [0.1, 0.15) is 0 Å². The molecule has 4 nitrogen and oxygen atoms in total. The van der Waals surface area contributed by atoms with Crippen molar-refractivity contribution < 1.29 is 9.59 Å². The highest BCUT2D eigenvalue weighted by molar-refractivity contribution is 6.04. The van der Waals surface area contributed by atoms with Crippen LogP contribution in [0, 0.1) is 0 Å². The van der Waals surface area contributed by atoms with Crippen LogP contribution in [0.4, 0.5) is 0 Å². The maximum absolute atomic E-state index is 11.1. The summed E-state index contributed by atoms with van der Waals surface area (Å²) in [6.07, 6.45) is 2.77. The molecule has 0 heterocycles. The average Bonchev–Trinajstić information content (AvgIpc) is 2.17. The summed E-state index contributed by atoms with van der Waals surface area (Å²) < 4.78 is 0. The SMILES string of the molecule is C=CC(=O)N(CCCN)C(=O)C=C. The summed E-state index contributed by atoms with van der Waals surface area (Å²) in [5.41, 5.74) is 5.26. The maximum Gasteiger partial charge on any atom is 0.252 e. The molecule has 0 fully saturated rings. The Hall–Kier alpha value is -1.42. The second-order valence-electron chi connectivity index (χ2n) is 2.38. The minimum atomic E-state index is -0.418.